The van der Waals surface area contributed by atoms with Crippen molar-refractivity contribution in [3.05, 3.63) is 258 Å². The maximum atomic E-state index is 2.46. The predicted octanol–water partition coefficient (Wildman–Crippen LogP) is 14.8. The van der Waals surface area contributed by atoms with E-state index < -0.39 is 5.41 Å². The Bertz CT molecular complexity index is 2710. The summed E-state index contributed by atoms with van der Waals surface area (Å²) in [6.07, 6.45) is 0. The van der Waals surface area contributed by atoms with Gasteiger partial charge in [0.25, 0.3) is 0 Å². The molecule has 270 valence electrons. The highest BCUT2D eigenvalue weighted by atomic mass is 15.1. The normalized spacial score (nSPS) is 14.1. The molecule has 0 saturated carbocycles. The molecule has 0 radical (unpaired) electrons. The van der Waals surface area contributed by atoms with E-state index >= 15 is 0 Å². The van der Waals surface area contributed by atoms with Gasteiger partial charge in [-0.1, -0.05) is 194 Å². The molecule has 9 aromatic carbocycles. The lowest BCUT2D eigenvalue weighted by atomic mass is 9.67. The number of benzene rings is 9. The summed E-state index contributed by atoms with van der Waals surface area (Å²) in [7, 11) is 0. The van der Waals surface area contributed by atoms with Crippen LogP contribution in [0.15, 0.2) is 231 Å². The van der Waals surface area contributed by atoms with E-state index in [1.165, 1.54) is 72.3 Å². The molecule has 0 fully saturated rings. The maximum absolute atomic E-state index is 2.46. The molecule has 1 atom stereocenters. The van der Waals surface area contributed by atoms with Crippen LogP contribution in [-0.2, 0) is 5.41 Å². The number of nitrogens with zero attached hydrogens (tertiary/aromatic N) is 1. The van der Waals surface area contributed by atoms with E-state index in [4.69, 9.17) is 0 Å². The van der Waals surface area contributed by atoms with E-state index in [0.29, 0.717) is 0 Å². The summed E-state index contributed by atoms with van der Waals surface area (Å²) in [6, 6.07) is 84.5. The van der Waals surface area contributed by atoms with Crippen LogP contribution in [0.1, 0.15) is 27.8 Å². The molecule has 0 amide bonds. The molecule has 0 heterocycles. The third kappa shape index (κ3) is 6.05. The average molecular weight is 728 g/mol. The van der Waals surface area contributed by atoms with Gasteiger partial charge in [-0.3, -0.25) is 0 Å². The third-order valence-corrected chi connectivity index (χ3v) is 11.6. The molecule has 0 N–H and O–H groups in total. The van der Waals surface area contributed by atoms with Gasteiger partial charge in [0, 0.05) is 17.1 Å². The molecule has 10 rings (SSSR count). The van der Waals surface area contributed by atoms with Crippen LogP contribution in [0.3, 0.4) is 0 Å². The summed E-state index contributed by atoms with van der Waals surface area (Å²) in [5.41, 5.74) is 18.9. The SMILES string of the molecule is Cc1ccc(C2(c3ccccc3)c3cc(-c4ccccc4)ccc3-c3ccc(N(c4ccc(-c5ccccc5)cc4)c4ccc(-c5ccccc5)cc4)cc32)cc1. The highest BCUT2D eigenvalue weighted by molar-refractivity contribution is 5.91. The molecule has 0 saturated heterocycles. The van der Waals surface area contributed by atoms with E-state index in [2.05, 4.69) is 242 Å². The fourth-order valence-electron chi connectivity index (χ4n) is 8.86. The molecule has 1 aliphatic rings. The van der Waals surface area contributed by atoms with E-state index in [9.17, 15) is 0 Å². The van der Waals surface area contributed by atoms with Crippen molar-refractivity contribution in [2.75, 3.05) is 4.90 Å². The Morgan fingerprint density at radius 2 is 0.667 bits per heavy atom. The fourth-order valence-corrected chi connectivity index (χ4v) is 8.86. The summed E-state index contributed by atoms with van der Waals surface area (Å²) >= 11 is 0. The number of anilines is 3. The number of fused-ring (bicyclic) bond motifs is 3. The second kappa shape index (κ2) is 14.5. The second-order valence-corrected chi connectivity index (χ2v) is 15.0. The topological polar surface area (TPSA) is 3.24 Å². The molecule has 1 unspecified atom stereocenters. The van der Waals surface area contributed by atoms with Gasteiger partial charge in [0.05, 0.1) is 5.41 Å². The van der Waals surface area contributed by atoms with Crippen molar-refractivity contribution < 1.29 is 0 Å². The lowest BCUT2D eigenvalue weighted by molar-refractivity contribution is 0.768. The predicted molar refractivity (Wildman–Crippen MR) is 239 cm³/mol. The molecule has 1 nitrogen and oxygen atoms in total. The third-order valence-electron chi connectivity index (χ3n) is 11.6. The minimum atomic E-state index is -0.555. The lowest BCUT2D eigenvalue weighted by Gasteiger charge is -2.35. The van der Waals surface area contributed by atoms with E-state index in [-0.39, 0.29) is 0 Å². The Hall–Kier alpha value is -7.22. The van der Waals surface area contributed by atoms with Crippen molar-refractivity contribution in [1.29, 1.82) is 0 Å². The van der Waals surface area contributed by atoms with Crippen molar-refractivity contribution in [3.63, 3.8) is 0 Å². The molecular formula is C56H41N. The van der Waals surface area contributed by atoms with Gasteiger partial charge >= 0.3 is 0 Å². The van der Waals surface area contributed by atoms with Gasteiger partial charge in [0.2, 0.25) is 0 Å². The lowest BCUT2D eigenvalue weighted by Crippen LogP contribution is -2.29. The van der Waals surface area contributed by atoms with Crippen molar-refractivity contribution in [1.82, 2.24) is 0 Å². The molecule has 0 bridgehead atoms. The molecular weight excluding hydrogens is 687 g/mol. The molecule has 0 spiro atoms. The van der Waals surface area contributed by atoms with Crippen LogP contribution in [-0.4, -0.2) is 0 Å². The van der Waals surface area contributed by atoms with Gasteiger partial charge in [0.15, 0.2) is 0 Å². The number of rotatable bonds is 8. The van der Waals surface area contributed by atoms with Crippen LogP contribution < -0.4 is 4.90 Å². The Balaban J connectivity index is 1.20. The van der Waals surface area contributed by atoms with Gasteiger partial charge < -0.3 is 4.90 Å². The minimum Gasteiger partial charge on any atom is -0.310 e. The maximum Gasteiger partial charge on any atom is 0.0714 e. The first-order valence-electron chi connectivity index (χ1n) is 19.8. The molecule has 0 aliphatic heterocycles. The van der Waals surface area contributed by atoms with Gasteiger partial charge in [-0.2, -0.15) is 0 Å². The van der Waals surface area contributed by atoms with Crippen LogP contribution in [0.2, 0.25) is 0 Å². The van der Waals surface area contributed by atoms with Gasteiger partial charge in [0.1, 0.15) is 0 Å². The highest BCUT2D eigenvalue weighted by Gasteiger charge is 2.46. The first-order chi connectivity index (χ1) is 28.2. The molecule has 1 heteroatoms. The summed E-state index contributed by atoms with van der Waals surface area (Å²) < 4.78 is 0. The van der Waals surface area contributed by atoms with E-state index in [0.717, 1.165) is 17.1 Å². The minimum absolute atomic E-state index is 0.555. The number of hydrogen-bond acceptors (Lipinski definition) is 1. The first-order valence-corrected chi connectivity index (χ1v) is 19.8. The zero-order valence-electron chi connectivity index (χ0n) is 31.9. The Labute approximate surface area is 335 Å². The van der Waals surface area contributed by atoms with Crippen molar-refractivity contribution in [2.24, 2.45) is 0 Å². The molecule has 1 aliphatic carbocycles. The second-order valence-electron chi connectivity index (χ2n) is 15.0. The van der Waals surface area contributed by atoms with Crippen molar-refractivity contribution >= 4 is 17.1 Å². The first kappa shape index (κ1) is 34.3. The van der Waals surface area contributed by atoms with Gasteiger partial charge in [-0.25, -0.2) is 0 Å². The van der Waals surface area contributed by atoms with Gasteiger partial charge in [-0.05, 0) is 116 Å². The van der Waals surface area contributed by atoms with Crippen molar-refractivity contribution in [3.8, 4) is 44.5 Å². The fraction of sp³-hybridized carbons (Fsp3) is 0.0357. The molecule has 9 aromatic rings. The monoisotopic (exact) mass is 727 g/mol. The van der Waals surface area contributed by atoms with Crippen LogP contribution in [0.5, 0.6) is 0 Å². The number of hydrogen-bond donors (Lipinski definition) is 0. The van der Waals surface area contributed by atoms with Crippen molar-refractivity contribution in [2.45, 2.75) is 12.3 Å². The summed E-state index contributed by atoms with van der Waals surface area (Å²) in [5.74, 6) is 0. The highest BCUT2D eigenvalue weighted by Crippen LogP contribution is 2.58. The average Bonchev–Trinajstić information content (AvgIpc) is 3.58. The largest absolute Gasteiger partial charge is 0.310 e. The summed E-state index contributed by atoms with van der Waals surface area (Å²) in [5, 5.41) is 0. The standard InChI is InChI=1S/C56H41N/c1-40-22-29-48(30-23-40)56(47-20-12-5-13-21-47)54-38-46(43-18-10-4-11-19-43)28-36-52(54)53-37-35-51(39-55(53)56)57(49-31-24-44(25-32-49)41-14-6-2-7-15-41)50-33-26-45(27-34-50)42-16-8-3-9-17-42/h2-39H,1H3. The quantitative estimate of drug-likeness (QED) is 0.151. The number of aryl methyl sites for hydroxylation is 1. The van der Waals surface area contributed by atoms with E-state index in [1.54, 1.807) is 0 Å². The summed E-state index contributed by atoms with van der Waals surface area (Å²) in [6.45, 7) is 2.17. The van der Waals surface area contributed by atoms with Crippen LogP contribution >= 0.6 is 0 Å². The van der Waals surface area contributed by atoms with Gasteiger partial charge in [-0.15, -0.1) is 0 Å². The van der Waals surface area contributed by atoms with Crippen LogP contribution in [0.4, 0.5) is 17.1 Å². The zero-order valence-corrected chi connectivity index (χ0v) is 31.9. The summed E-state index contributed by atoms with van der Waals surface area (Å²) in [4.78, 5) is 2.41. The van der Waals surface area contributed by atoms with Crippen LogP contribution in [0.25, 0.3) is 44.5 Å². The zero-order chi connectivity index (χ0) is 38.2. The Morgan fingerprint density at radius 3 is 1.18 bits per heavy atom. The van der Waals surface area contributed by atoms with Crippen LogP contribution in [0, 0.1) is 6.92 Å². The Morgan fingerprint density at radius 1 is 0.298 bits per heavy atom. The smallest absolute Gasteiger partial charge is 0.0714 e. The molecule has 0 aromatic heterocycles. The van der Waals surface area contributed by atoms with E-state index in [1.807, 2.05) is 0 Å². The molecule has 57 heavy (non-hydrogen) atoms. The Kier molecular flexibility index (Phi) is 8.69.